The Bertz CT molecular complexity index is 202. The Labute approximate surface area is 92.2 Å². The molecule has 0 aromatic carbocycles. The van der Waals surface area contributed by atoms with E-state index >= 15 is 0 Å². The molecule has 3 atom stereocenters. The monoisotopic (exact) mass is 210 g/mol. The van der Waals surface area contributed by atoms with E-state index in [0.717, 1.165) is 31.1 Å². The van der Waals surface area contributed by atoms with Crippen LogP contribution in [0.25, 0.3) is 0 Å². The molecule has 15 heavy (non-hydrogen) atoms. The van der Waals surface area contributed by atoms with Crippen LogP contribution in [0.1, 0.15) is 19.3 Å². The third kappa shape index (κ3) is 2.19. The van der Waals surface area contributed by atoms with Crippen molar-refractivity contribution >= 4 is 0 Å². The van der Waals surface area contributed by atoms with Gasteiger partial charge in [-0.15, -0.1) is 0 Å². The topological polar surface area (TPSA) is 24.5 Å². The summed E-state index contributed by atoms with van der Waals surface area (Å²) in [7, 11) is 0. The Kier molecular flexibility index (Phi) is 2.95. The molecule has 0 amide bonds. The molecule has 3 aliphatic rings. The zero-order chi connectivity index (χ0) is 10.1. The van der Waals surface area contributed by atoms with E-state index in [2.05, 4.69) is 10.2 Å². The van der Waals surface area contributed by atoms with Crippen LogP contribution in [0.4, 0.5) is 0 Å². The first-order valence-corrected chi connectivity index (χ1v) is 6.45. The van der Waals surface area contributed by atoms with E-state index in [1.165, 1.54) is 45.4 Å². The highest BCUT2D eigenvalue weighted by atomic mass is 16.5. The molecule has 3 heterocycles. The predicted octanol–water partition coefficient (Wildman–Crippen LogP) is 0.707. The highest BCUT2D eigenvalue weighted by Gasteiger charge is 2.35. The van der Waals surface area contributed by atoms with Gasteiger partial charge in [0.15, 0.2) is 0 Å². The van der Waals surface area contributed by atoms with Crippen LogP contribution in [-0.4, -0.2) is 50.3 Å². The number of rotatable bonds is 2. The molecule has 0 aromatic rings. The Morgan fingerprint density at radius 3 is 3.07 bits per heavy atom. The fraction of sp³-hybridized carbons (Fsp3) is 1.00. The number of likely N-dealkylation sites (tertiary alicyclic amines) is 1. The van der Waals surface area contributed by atoms with Crippen LogP contribution >= 0.6 is 0 Å². The highest BCUT2D eigenvalue weighted by molar-refractivity contribution is 4.92. The second-order valence-corrected chi connectivity index (χ2v) is 5.41. The number of hydrogen-bond donors (Lipinski definition) is 1. The van der Waals surface area contributed by atoms with Crippen LogP contribution in [0.3, 0.4) is 0 Å². The Balaban J connectivity index is 1.51. The summed E-state index contributed by atoms with van der Waals surface area (Å²) < 4.78 is 5.44. The molecule has 0 aliphatic carbocycles. The molecule has 3 heteroatoms. The standard InChI is InChI=1S/C12H22N2O/c1-2-11-7-14(8-12(11)13-4-1)6-10-3-5-15-9-10/h10-13H,1-9H2/t10?,11-,12+/m0/s1. The molecule has 0 bridgehead atoms. The molecule has 0 aromatic heterocycles. The summed E-state index contributed by atoms with van der Waals surface area (Å²) >= 11 is 0. The molecule has 1 N–H and O–H groups in total. The van der Waals surface area contributed by atoms with Crippen LogP contribution < -0.4 is 5.32 Å². The molecule has 3 rings (SSSR count). The van der Waals surface area contributed by atoms with Gasteiger partial charge < -0.3 is 15.0 Å². The van der Waals surface area contributed by atoms with E-state index in [0.29, 0.717) is 0 Å². The van der Waals surface area contributed by atoms with Crippen LogP contribution in [0.15, 0.2) is 0 Å². The number of hydrogen-bond acceptors (Lipinski definition) is 3. The smallest absolute Gasteiger partial charge is 0.0507 e. The summed E-state index contributed by atoms with van der Waals surface area (Å²) in [5, 5.41) is 3.66. The number of fused-ring (bicyclic) bond motifs is 1. The van der Waals surface area contributed by atoms with Crippen molar-refractivity contribution < 1.29 is 4.74 Å². The molecular weight excluding hydrogens is 188 g/mol. The quantitative estimate of drug-likeness (QED) is 0.726. The van der Waals surface area contributed by atoms with Gasteiger partial charge in [0.25, 0.3) is 0 Å². The van der Waals surface area contributed by atoms with Crippen molar-refractivity contribution in [3.05, 3.63) is 0 Å². The summed E-state index contributed by atoms with van der Waals surface area (Å²) in [6.07, 6.45) is 4.09. The van der Waals surface area contributed by atoms with Gasteiger partial charge in [0.1, 0.15) is 0 Å². The minimum absolute atomic E-state index is 0.793. The maximum Gasteiger partial charge on any atom is 0.0507 e. The predicted molar refractivity (Wildman–Crippen MR) is 59.9 cm³/mol. The summed E-state index contributed by atoms with van der Waals surface area (Å²) in [5.74, 6) is 1.74. The molecule has 3 saturated heterocycles. The first kappa shape index (κ1) is 10.1. The van der Waals surface area contributed by atoms with Gasteiger partial charge in [0.05, 0.1) is 6.61 Å². The lowest BCUT2D eigenvalue weighted by atomic mass is 9.94. The van der Waals surface area contributed by atoms with Gasteiger partial charge in [0.2, 0.25) is 0 Å². The SMILES string of the molecule is C1CN[C@@H]2CN(CC3CCOC3)C[C@@H]2C1. The molecule has 0 spiro atoms. The van der Waals surface area contributed by atoms with Gasteiger partial charge in [-0.05, 0) is 37.6 Å². The van der Waals surface area contributed by atoms with Crippen molar-refractivity contribution in [1.29, 1.82) is 0 Å². The van der Waals surface area contributed by atoms with E-state index in [9.17, 15) is 0 Å². The summed E-state index contributed by atoms with van der Waals surface area (Å²) in [5.41, 5.74) is 0. The minimum Gasteiger partial charge on any atom is -0.381 e. The third-order valence-corrected chi connectivity index (χ3v) is 4.22. The number of nitrogens with one attached hydrogen (secondary N) is 1. The van der Waals surface area contributed by atoms with E-state index in [4.69, 9.17) is 4.74 Å². The van der Waals surface area contributed by atoms with Gasteiger partial charge in [-0.3, -0.25) is 0 Å². The number of nitrogens with zero attached hydrogens (tertiary/aromatic N) is 1. The third-order valence-electron chi connectivity index (χ3n) is 4.22. The van der Waals surface area contributed by atoms with Crippen molar-refractivity contribution in [3.8, 4) is 0 Å². The first-order valence-electron chi connectivity index (χ1n) is 6.45. The first-order chi connectivity index (χ1) is 7.42. The molecule has 0 saturated carbocycles. The Hall–Kier alpha value is -0.120. The lowest BCUT2D eigenvalue weighted by Crippen LogP contribution is -2.40. The zero-order valence-electron chi connectivity index (χ0n) is 9.45. The van der Waals surface area contributed by atoms with Crippen LogP contribution in [0.5, 0.6) is 0 Å². The van der Waals surface area contributed by atoms with Crippen molar-refractivity contribution in [2.75, 3.05) is 39.4 Å². The summed E-state index contributed by atoms with van der Waals surface area (Å²) in [6, 6.07) is 0.793. The van der Waals surface area contributed by atoms with E-state index < -0.39 is 0 Å². The van der Waals surface area contributed by atoms with Crippen LogP contribution in [-0.2, 0) is 4.74 Å². The molecule has 3 fully saturated rings. The Morgan fingerprint density at radius 2 is 2.27 bits per heavy atom. The Morgan fingerprint density at radius 1 is 1.27 bits per heavy atom. The molecule has 86 valence electrons. The van der Waals surface area contributed by atoms with E-state index in [1.807, 2.05) is 0 Å². The molecule has 1 unspecified atom stereocenters. The molecular formula is C12H22N2O. The average Bonchev–Trinajstić information content (AvgIpc) is 2.86. The van der Waals surface area contributed by atoms with Crippen LogP contribution in [0, 0.1) is 11.8 Å². The molecule has 3 nitrogen and oxygen atoms in total. The fourth-order valence-corrected chi connectivity index (χ4v) is 3.38. The zero-order valence-corrected chi connectivity index (χ0v) is 9.45. The summed E-state index contributed by atoms with van der Waals surface area (Å²) in [6.45, 7) is 7.11. The van der Waals surface area contributed by atoms with Crippen molar-refractivity contribution in [2.24, 2.45) is 11.8 Å². The average molecular weight is 210 g/mol. The second kappa shape index (κ2) is 4.40. The number of ether oxygens (including phenoxy) is 1. The van der Waals surface area contributed by atoms with Crippen molar-refractivity contribution in [3.63, 3.8) is 0 Å². The lowest BCUT2D eigenvalue weighted by molar-refractivity contribution is 0.172. The molecule has 3 aliphatic heterocycles. The largest absolute Gasteiger partial charge is 0.381 e. The van der Waals surface area contributed by atoms with Gasteiger partial charge >= 0.3 is 0 Å². The fourth-order valence-electron chi connectivity index (χ4n) is 3.38. The van der Waals surface area contributed by atoms with Gasteiger partial charge in [-0.1, -0.05) is 0 Å². The lowest BCUT2D eigenvalue weighted by Gasteiger charge is -2.24. The van der Waals surface area contributed by atoms with Crippen molar-refractivity contribution in [1.82, 2.24) is 10.2 Å². The van der Waals surface area contributed by atoms with Gasteiger partial charge in [0, 0.05) is 32.3 Å². The van der Waals surface area contributed by atoms with Gasteiger partial charge in [-0.2, -0.15) is 0 Å². The maximum atomic E-state index is 5.44. The number of piperidine rings is 1. The second-order valence-electron chi connectivity index (χ2n) is 5.41. The van der Waals surface area contributed by atoms with Gasteiger partial charge in [-0.25, -0.2) is 0 Å². The van der Waals surface area contributed by atoms with E-state index in [1.54, 1.807) is 0 Å². The minimum atomic E-state index is 0.793. The van der Waals surface area contributed by atoms with Crippen molar-refractivity contribution in [2.45, 2.75) is 25.3 Å². The molecule has 0 radical (unpaired) electrons. The normalized spacial score (nSPS) is 42.0. The summed E-state index contributed by atoms with van der Waals surface area (Å²) in [4.78, 5) is 2.66. The van der Waals surface area contributed by atoms with Crippen LogP contribution in [0.2, 0.25) is 0 Å². The van der Waals surface area contributed by atoms with E-state index in [-0.39, 0.29) is 0 Å². The maximum absolute atomic E-state index is 5.44. The highest BCUT2D eigenvalue weighted by Crippen LogP contribution is 2.26.